The van der Waals surface area contributed by atoms with E-state index >= 15 is 0 Å². The van der Waals surface area contributed by atoms with Gasteiger partial charge in [-0.15, -0.1) is 0 Å². The number of piperidine rings is 1. The average Bonchev–Trinajstić information content (AvgIpc) is 2.67. The molecule has 2 aromatic carbocycles. The van der Waals surface area contributed by atoms with Gasteiger partial charge in [0.2, 0.25) is 0 Å². The van der Waals surface area contributed by atoms with Gasteiger partial charge in [-0.1, -0.05) is 85.0 Å². The summed E-state index contributed by atoms with van der Waals surface area (Å²) in [7, 11) is 2.12. The summed E-state index contributed by atoms with van der Waals surface area (Å²) in [6.45, 7) is 1.52. The molecule has 26 heavy (non-hydrogen) atoms. The lowest BCUT2D eigenvalue weighted by atomic mass is 9.97. The first-order chi connectivity index (χ1) is 12.7. The molecule has 0 radical (unpaired) electrons. The number of likely N-dealkylation sites (N-methyl/N-ethyl adjacent to an activating group) is 1. The molecular weight excluding hydrogens is 318 g/mol. The van der Waals surface area contributed by atoms with Crippen LogP contribution in [-0.4, -0.2) is 25.9 Å². The molecule has 130 valence electrons. The molecule has 0 aromatic heterocycles. The number of likely N-dealkylation sites (tertiary alicyclic amines) is 1. The second-order valence-electron chi connectivity index (χ2n) is 6.56. The molecule has 3 rings (SSSR count). The standard InChI is InChI=1S/C24H23NO/c1-25-18-22(16-8-14-20-10-4-2-5-11-20)24(26)23(19-25)17-9-15-21-12-6-3-7-13-21/h2-17H,18-19H2,1H3/p+1/b14-8+,15-9+,22-16+,23-17+. The molecule has 0 amide bonds. The third kappa shape index (κ3) is 5.01. The quantitative estimate of drug-likeness (QED) is 0.846. The first-order valence-electron chi connectivity index (χ1n) is 8.93. The number of rotatable bonds is 4. The van der Waals surface area contributed by atoms with Gasteiger partial charge in [-0.25, -0.2) is 0 Å². The number of carbonyl (C=O) groups excluding carboxylic acids is 1. The number of nitrogens with one attached hydrogen (secondary N) is 1. The summed E-state index contributed by atoms with van der Waals surface area (Å²) in [5.41, 5.74) is 3.99. The van der Waals surface area contributed by atoms with Crippen LogP contribution in [0.5, 0.6) is 0 Å². The van der Waals surface area contributed by atoms with Crippen molar-refractivity contribution in [1.82, 2.24) is 0 Å². The zero-order valence-electron chi connectivity index (χ0n) is 15.1. The Bertz CT molecular complexity index is 786. The Labute approximate surface area is 155 Å². The van der Waals surface area contributed by atoms with Crippen LogP contribution in [0.15, 0.2) is 96.1 Å². The zero-order chi connectivity index (χ0) is 18.2. The van der Waals surface area contributed by atoms with Crippen LogP contribution in [0.25, 0.3) is 12.2 Å². The van der Waals surface area contributed by atoms with Crippen LogP contribution < -0.4 is 4.90 Å². The van der Waals surface area contributed by atoms with Crippen molar-refractivity contribution in [2.24, 2.45) is 0 Å². The Morgan fingerprint density at radius 1 is 0.731 bits per heavy atom. The number of hydrogen-bond acceptors (Lipinski definition) is 1. The van der Waals surface area contributed by atoms with Crippen molar-refractivity contribution in [2.45, 2.75) is 0 Å². The van der Waals surface area contributed by atoms with Crippen LogP contribution >= 0.6 is 0 Å². The maximum atomic E-state index is 12.7. The Balaban J connectivity index is 1.73. The summed E-state index contributed by atoms with van der Waals surface area (Å²) < 4.78 is 0. The molecule has 0 aliphatic carbocycles. The highest BCUT2D eigenvalue weighted by atomic mass is 16.1. The first-order valence-corrected chi connectivity index (χ1v) is 8.93. The van der Waals surface area contributed by atoms with E-state index in [0.29, 0.717) is 0 Å². The van der Waals surface area contributed by atoms with Gasteiger partial charge in [0, 0.05) is 0 Å². The van der Waals surface area contributed by atoms with Gasteiger partial charge in [0.15, 0.2) is 5.78 Å². The molecule has 1 saturated heterocycles. The molecule has 1 aliphatic heterocycles. The second-order valence-corrected chi connectivity index (χ2v) is 6.56. The lowest BCUT2D eigenvalue weighted by molar-refractivity contribution is -0.870. The van der Waals surface area contributed by atoms with Gasteiger partial charge >= 0.3 is 0 Å². The molecular formula is C24H24NO+. The minimum Gasteiger partial charge on any atom is -0.330 e. The smallest absolute Gasteiger partial charge is 0.196 e. The Morgan fingerprint density at radius 2 is 1.15 bits per heavy atom. The van der Waals surface area contributed by atoms with Gasteiger partial charge in [-0.3, -0.25) is 4.79 Å². The van der Waals surface area contributed by atoms with E-state index in [-0.39, 0.29) is 5.78 Å². The summed E-state index contributed by atoms with van der Waals surface area (Å²) in [6.07, 6.45) is 11.9. The fraction of sp³-hybridized carbons (Fsp3) is 0.125. The summed E-state index contributed by atoms with van der Waals surface area (Å²) in [4.78, 5) is 14.1. The van der Waals surface area contributed by atoms with Crippen molar-refractivity contribution in [3.05, 3.63) is 107 Å². The third-order valence-corrected chi connectivity index (χ3v) is 4.34. The monoisotopic (exact) mass is 342 g/mol. The summed E-state index contributed by atoms with van der Waals surface area (Å²) in [5.74, 6) is 0.158. The molecule has 0 spiro atoms. The molecule has 0 unspecified atom stereocenters. The van der Waals surface area contributed by atoms with Crippen LogP contribution in [0.4, 0.5) is 0 Å². The largest absolute Gasteiger partial charge is 0.330 e. The van der Waals surface area contributed by atoms with Crippen molar-refractivity contribution in [2.75, 3.05) is 20.1 Å². The summed E-state index contributed by atoms with van der Waals surface area (Å²) >= 11 is 0. The number of ketones is 1. The van der Waals surface area contributed by atoms with Gasteiger partial charge in [0.05, 0.1) is 18.2 Å². The number of allylic oxidation sites excluding steroid dienone is 4. The Hall–Kier alpha value is -2.97. The van der Waals surface area contributed by atoms with Crippen molar-refractivity contribution >= 4 is 17.9 Å². The highest BCUT2D eigenvalue weighted by Crippen LogP contribution is 2.10. The van der Waals surface area contributed by atoms with E-state index in [4.69, 9.17) is 0 Å². The normalized spacial score (nSPS) is 21.3. The molecule has 0 bridgehead atoms. The predicted octanol–water partition coefficient (Wildman–Crippen LogP) is 3.36. The van der Waals surface area contributed by atoms with Crippen LogP contribution in [0, 0.1) is 0 Å². The lowest BCUT2D eigenvalue weighted by Crippen LogP contribution is -3.10. The molecule has 1 aliphatic rings. The molecule has 1 fully saturated rings. The first kappa shape index (κ1) is 17.8. The maximum Gasteiger partial charge on any atom is 0.196 e. The van der Waals surface area contributed by atoms with Crippen molar-refractivity contribution in [1.29, 1.82) is 0 Å². The number of carbonyl (C=O) groups is 1. The minimum absolute atomic E-state index is 0.158. The predicted molar refractivity (Wildman–Crippen MR) is 109 cm³/mol. The van der Waals surface area contributed by atoms with Gasteiger partial charge < -0.3 is 4.90 Å². The van der Waals surface area contributed by atoms with Crippen molar-refractivity contribution in [3.8, 4) is 0 Å². The van der Waals surface area contributed by atoms with Crippen LogP contribution in [0.1, 0.15) is 11.1 Å². The van der Waals surface area contributed by atoms with Crippen molar-refractivity contribution in [3.63, 3.8) is 0 Å². The van der Waals surface area contributed by atoms with Gasteiger partial charge in [-0.2, -0.15) is 0 Å². The highest BCUT2D eigenvalue weighted by molar-refractivity contribution is 6.09. The molecule has 0 atom stereocenters. The molecule has 2 heteroatoms. The van der Waals surface area contributed by atoms with Crippen molar-refractivity contribution < 1.29 is 9.69 Å². The van der Waals surface area contributed by atoms with E-state index in [1.165, 1.54) is 4.90 Å². The highest BCUT2D eigenvalue weighted by Gasteiger charge is 2.25. The van der Waals surface area contributed by atoms with E-state index in [1.54, 1.807) is 0 Å². The average molecular weight is 342 g/mol. The van der Waals surface area contributed by atoms with Gasteiger partial charge in [-0.05, 0) is 23.3 Å². The van der Waals surface area contributed by atoms with Gasteiger partial charge in [0.1, 0.15) is 13.1 Å². The van der Waals surface area contributed by atoms with Crippen LogP contribution in [0.3, 0.4) is 0 Å². The van der Waals surface area contributed by atoms with E-state index in [1.807, 2.05) is 72.9 Å². The fourth-order valence-electron chi connectivity index (χ4n) is 3.03. The second kappa shape index (κ2) is 8.93. The van der Waals surface area contributed by atoms with E-state index in [0.717, 1.165) is 35.4 Å². The molecule has 1 N–H and O–H groups in total. The topological polar surface area (TPSA) is 21.5 Å². The Morgan fingerprint density at radius 3 is 1.58 bits per heavy atom. The zero-order valence-corrected chi connectivity index (χ0v) is 15.1. The molecule has 1 heterocycles. The summed E-state index contributed by atoms with van der Waals surface area (Å²) in [5, 5.41) is 0. The van der Waals surface area contributed by atoms with Gasteiger partial charge in [0.25, 0.3) is 0 Å². The number of hydrogen-bond donors (Lipinski definition) is 1. The van der Waals surface area contributed by atoms with Crippen LogP contribution in [-0.2, 0) is 4.79 Å². The summed E-state index contributed by atoms with van der Waals surface area (Å²) in [6, 6.07) is 20.2. The molecule has 0 saturated carbocycles. The van der Waals surface area contributed by atoms with E-state index < -0.39 is 0 Å². The third-order valence-electron chi connectivity index (χ3n) is 4.34. The van der Waals surface area contributed by atoms with E-state index in [2.05, 4.69) is 31.3 Å². The minimum atomic E-state index is 0.158. The molecule has 2 aromatic rings. The number of Topliss-reactive ketones (excluding diaryl/α,β-unsaturated/α-hetero) is 1. The fourth-order valence-corrected chi connectivity index (χ4v) is 3.03. The van der Waals surface area contributed by atoms with E-state index in [9.17, 15) is 4.79 Å². The molecule has 2 nitrogen and oxygen atoms in total. The number of benzene rings is 2. The maximum absolute atomic E-state index is 12.7. The van der Waals surface area contributed by atoms with Crippen LogP contribution in [0.2, 0.25) is 0 Å². The lowest BCUT2D eigenvalue weighted by Gasteiger charge is -2.22. The Kier molecular flexibility index (Phi) is 6.13. The number of quaternary nitrogens is 1. The SMILES string of the molecule is C[NH+]1C/C(=C\C=C\c2ccccc2)C(=O)/C(=C/C=C/c2ccccc2)C1.